The third-order valence-electron chi connectivity index (χ3n) is 4.43. The minimum atomic E-state index is -0.488. The molecule has 0 saturated heterocycles. The molecule has 0 radical (unpaired) electrons. The van der Waals surface area contributed by atoms with E-state index in [4.69, 9.17) is 14.2 Å². The Morgan fingerprint density at radius 3 is 2.18 bits per heavy atom. The van der Waals surface area contributed by atoms with Gasteiger partial charge in [0.1, 0.15) is 0 Å². The highest BCUT2D eigenvalue weighted by molar-refractivity contribution is 6.08. The van der Waals surface area contributed by atoms with E-state index in [1.807, 2.05) is 0 Å². The molecule has 1 aliphatic heterocycles. The van der Waals surface area contributed by atoms with E-state index in [2.05, 4.69) is 10.3 Å². The van der Waals surface area contributed by atoms with Crippen LogP contribution in [-0.4, -0.2) is 38.0 Å². The minimum absolute atomic E-state index is 0.0224. The number of rotatable bonds is 6. The predicted molar refractivity (Wildman–Crippen MR) is 102 cm³/mol. The number of aliphatic imine (C=N–C) groups is 1. The molecule has 2 aromatic carbocycles. The third-order valence-corrected chi connectivity index (χ3v) is 4.43. The summed E-state index contributed by atoms with van der Waals surface area (Å²) in [5.41, 5.74) is 1.93. The molecule has 0 aliphatic carbocycles. The molecule has 0 fully saturated rings. The summed E-state index contributed by atoms with van der Waals surface area (Å²) in [5.74, 6) is 1.41. The van der Waals surface area contributed by atoms with Crippen LogP contribution in [0.2, 0.25) is 0 Å². The van der Waals surface area contributed by atoms with Crippen molar-refractivity contribution in [1.29, 1.82) is 0 Å². The molecule has 0 bridgehead atoms. The maximum Gasteiger partial charge on any atom is 0.341 e. The molecule has 2 aromatic rings. The average Bonchev–Trinajstić information content (AvgIpc) is 2.72. The van der Waals surface area contributed by atoms with Crippen LogP contribution in [0.3, 0.4) is 0 Å². The predicted octanol–water partition coefficient (Wildman–Crippen LogP) is 3.26. The summed E-state index contributed by atoms with van der Waals surface area (Å²) in [6.07, 6.45) is 0.405. The number of nitro benzene ring substituents is 1. The number of nitrogens with one attached hydrogen (secondary N) is 1. The quantitative estimate of drug-likeness (QED) is 0.603. The fraction of sp³-hybridized carbons (Fsp3) is 0.263. The summed E-state index contributed by atoms with van der Waals surface area (Å²) in [6, 6.07) is 8.62. The molecule has 1 aliphatic rings. The zero-order valence-corrected chi connectivity index (χ0v) is 15.6. The number of carbonyl (C=O) groups is 1. The van der Waals surface area contributed by atoms with Gasteiger partial charge in [0, 0.05) is 18.6 Å². The van der Waals surface area contributed by atoms with Crippen molar-refractivity contribution in [3.63, 3.8) is 0 Å². The number of hydrogen-bond donors (Lipinski definition) is 1. The van der Waals surface area contributed by atoms with Gasteiger partial charge in [-0.25, -0.2) is 4.79 Å². The smallest absolute Gasteiger partial charge is 0.341 e. The Bertz CT molecular complexity index is 914. The van der Waals surface area contributed by atoms with Gasteiger partial charge in [0.2, 0.25) is 5.75 Å². The Kier molecular flexibility index (Phi) is 5.44. The van der Waals surface area contributed by atoms with Gasteiger partial charge < -0.3 is 19.5 Å². The van der Waals surface area contributed by atoms with Crippen LogP contribution in [-0.2, 0) is 0 Å². The maximum absolute atomic E-state index is 12.1. The molecular weight excluding hydrogens is 366 g/mol. The number of benzene rings is 2. The van der Waals surface area contributed by atoms with E-state index in [1.54, 1.807) is 24.3 Å². The molecule has 1 heterocycles. The van der Waals surface area contributed by atoms with Crippen molar-refractivity contribution >= 4 is 17.4 Å². The molecular formula is C19H19N3O6. The molecule has 3 rings (SSSR count). The first-order valence-electron chi connectivity index (χ1n) is 8.39. The lowest BCUT2D eigenvalue weighted by Gasteiger charge is -2.25. The molecule has 28 heavy (non-hydrogen) atoms. The van der Waals surface area contributed by atoms with Crippen molar-refractivity contribution in [3.05, 3.63) is 57.6 Å². The lowest BCUT2D eigenvalue weighted by molar-refractivity contribution is -0.384. The Labute approximate surface area is 161 Å². The van der Waals surface area contributed by atoms with Crippen LogP contribution >= 0.6 is 0 Å². The van der Waals surface area contributed by atoms with Crippen molar-refractivity contribution in [2.75, 3.05) is 21.3 Å². The summed E-state index contributed by atoms with van der Waals surface area (Å²) in [7, 11) is 4.55. The third kappa shape index (κ3) is 3.73. The highest BCUT2D eigenvalue weighted by Crippen LogP contribution is 2.40. The standard InChI is InChI=1S/C19H19N3O6/c1-26-16-8-12(9-17(27-2)18(16)28-3)15-10-14(20-19(23)21-15)11-4-6-13(7-5-11)22(24)25/h4-9,15H,10H2,1-3H3,(H,21,23). The molecule has 0 aromatic heterocycles. The fourth-order valence-electron chi connectivity index (χ4n) is 3.06. The van der Waals surface area contributed by atoms with Gasteiger partial charge in [-0.1, -0.05) is 0 Å². The van der Waals surface area contributed by atoms with Crippen LogP contribution in [0.5, 0.6) is 17.2 Å². The Hall–Kier alpha value is -3.62. The highest BCUT2D eigenvalue weighted by Gasteiger charge is 2.26. The summed E-state index contributed by atoms with van der Waals surface area (Å²) in [6.45, 7) is 0. The number of amides is 2. The monoisotopic (exact) mass is 385 g/mol. The van der Waals surface area contributed by atoms with E-state index in [0.717, 1.165) is 5.56 Å². The largest absolute Gasteiger partial charge is 0.493 e. The molecule has 0 saturated carbocycles. The number of carbonyl (C=O) groups excluding carboxylic acids is 1. The van der Waals surface area contributed by atoms with Crippen LogP contribution < -0.4 is 19.5 Å². The van der Waals surface area contributed by atoms with Gasteiger partial charge in [0.05, 0.1) is 38.0 Å². The lowest BCUT2D eigenvalue weighted by atomic mass is 9.95. The second-order valence-electron chi connectivity index (χ2n) is 6.03. The zero-order chi connectivity index (χ0) is 20.3. The van der Waals surface area contributed by atoms with Gasteiger partial charge in [0.25, 0.3) is 5.69 Å². The first-order chi connectivity index (χ1) is 13.5. The Morgan fingerprint density at radius 2 is 1.68 bits per heavy atom. The van der Waals surface area contributed by atoms with E-state index in [-0.39, 0.29) is 11.7 Å². The van der Waals surface area contributed by atoms with Crippen molar-refractivity contribution in [3.8, 4) is 17.2 Å². The van der Waals surface area contributed by atoms with E-state index in [9.17, 15) is 14.9 Å². The number of non-ortho nitro benzene ring substituents is 1. The van der Waals surface area contributed by atoms with Crippen molar-refractivity contribution in [1.82, 2.24) is 5.32 Å². The molecule has 2 amide bonds. The van der Waals surface area contributed by atoms with Crippen LogP contribution in [0, 0.1) is 10.1 Å². The second-order valence-corrected chi connectivity index (χ2v) is 6.03. The van der Waals surface area contributed by atoms with E-state index in [0.29, 0.717) is 34.9 Å². The number of methoxy groups -OCH3 is 3. The van der Waals surface area contributed by atoms with Gasteiger partial charge in [-0.05, 0) is 35.4 Å². The Balaban J connectivity index is 1.94. The molecule has 1 atom stereocenters. The fourth-order valence-corrected chi connectivity index (χ4v) is 3.06. The minimum Gasteiger partial charge on any atom is -0.493 e. The number of urea groups is 1. The van der Waals surface area contributed by atoms with Gasteiger partial charge in [-0.3, -0.25) is 10.1 Å². The molecule has 1 unspecified atom stereocenters. The van der Waals surface area contributed by atoms with Crippen molar-refractivity contribution < 1.29 is 23.9 Å². The number of ether oxygens (including phenoxy) is 3. The first-order valence-corrected chi connectivity index (χ1v) is 8.39. The zero-order valence-electron chi connectivity index (χ0n) is 15.6. The van der Waals surface area contributed by atoms with Crippen LogP contribution in [0.25, 0.3) is 0 Å². The van der Waals surface area contributed by atoms with Gasteiger partial charge in [0.15, 0.2) is 11.5 Å². The molecule has 9 nitrogen and oxygen atoms in total. The van der Waals surface area contributed by atoms with E-state index >= 15 is 0 Å². The SMILES string of the molecule is COc1cc(C2CC(c3ccc([N+](=O)[O-])cc3)=NC(=O)N2)cc(OC)c1OC. The highest BCUT2D eigenvalue weighted by atomic mass is 16.6. The number of nitro groups is 1. The number of nitrogens with zero attached hydrogens (tertiary/aromatic N) is 2. The van der Waals surface area contributed by atoms with Crippen LogP contribution in [0.4, 0.5) is 10.5 Å². The Morgan fingerprint density at radius 1 is 1.07 bits per heavy atom. The summed E-state index contributed by atoms with van der Waals surface area (Å²) in [4.78, 5) is 26.5. The summed E-state index contributed by atoms with van der Waals surface area (Å²) >= 11 is 0. The normalized spacial score (nSPS) is 16.0. The van der Waals surface area contributed by atoms with Crippen LogP contribution in [0.1, 0.15) is 23.6 Å². The lowest BCUT2D eigenvalue weighted by Crippen LogP contribution is -2.33. The molecule has 9 heteroatoms. The first kappa shape index (κ1) is 19.2. The van der Waals surface area contributed by atoms with Gasteiger partial charge in [-0.2, -0.15) is 4.99 Å². The molecule has 146 valence electrons. The maximum atomic E-state index is 12.1. The molecule has 1 N–H and O–H groups in total. The van der Waals surface area contributed by atoms with Gasteiger partial charge >= 0.3 is 6.03 Å². The average molecular weight is 385 g/mol. The van der Waals surface area contributed by atoms with Gasteiger partial charge in [-0.15, -0.1) is 0 Å². The number of hydrogen-bond acceptors (Lipinski definition) is 6. The summed E-state index contributed by atoms with van der Waals surface area (Å²) in [5, 5.41) is 13.6. The topological polar surface area (TPSA) is 112 Å². The van der Waals surface area contributed by atoms with E-state index < -0.39 is 11.0 Å². The van der Waals surface area contributed by atoms with E-state index in [1.165, 1.54) is 33.5 Å². The second kappa shape index (κ2) is 7.95. The van der Waals surface area contributed by atoms with Crippen LogP contribution in [0.15, 0.2) is 41.4 Å². The summed E-state index contributed by atoms with van der Waals surface area (Å²) < 4.78 is 16.1. The van der Waals surface area contributed by atoms with Crippen molar-refractivity contribution in [2.45, 2.75) is 12.5 Å². The molecule has 0 spiro atoms. The van der Waals surface area contributed by atoms with Crippen molar-refractivity contribution in [2.24, 2.45) is 4.99 Å².